The molecule has 0 aliphatic heterocycles. The highest BCUT2D eigenvalue weighted by molar-refractivity contribution is 5.93. The van der Waals surface area contributed by atoms with Gasteiger partial charge in [0.1, 0.15) is 24.1 Å². The van der Waals surface area contributed by atoms with Crippen molar-refractivity contribution < 1.29 is 89.9 Å². The van der Waals surface area contributed by atoms with Gasteiger partial charge in [0, 0.05) is 60.9 Å². The lowest BCUT2D eigenvalue weighted by atomic mass is 10.0. The Morgan fingerprint density at radius 1 is 0.542 bits per heavy atom. The maximum Gasteiger partial charge on any atom is 0.339 e. The minimum Gasteiger partial charge on any atom is -0.493 e. The Labute approximate surface area is 482 Å². The van der Waals surface area contributed by atoms with Crippen molar-refractivity contribution in [3.05, 3.63) is 111 Å². The number of likely N-dealkylation sites (N-methyl/N-ethyl adjacent to an activating group) is 1. The largest absolute Gasteiger partial charge is 0.493 e. The first-order valence-electron chi connectivity index (χ1n) is 25.8. The van der Waals surface area contributed by atoms with Crippen LogP contribution in [0.15, 0.2) is 82.0 Å². The second-order valence-electron chi connectivity index (χ2n) is 18.3. The third-order valence-corrected chi connectivity index (χ3v) is 12.9. The Balaban J connectivity index is 1.28. The molecule has 0 radical (unpaired) electrons. The lowest BCUT2D eigenvalue weighted by Gasteiger charge is -2.30. The van der Waals surface area contributed by atoms with Gasteiger partial charge in [0.2, 0.25) is 29.8 Å². The number of methoxy groups -OCH3 is 9. The number of hydrogen-bond donors (Lipinski definition) is 1. The number of hydrogen-bond acceptors (Lipinski definition) is 21. The summed E-state index contributed by atoms with van der Waals surface area (Å²) in [6.07, 6.45) is 3.45. The lowest BCUT2D eigenvalue weighted by molar-refractivity contribution is -0.197. The predicted molar refractivity (Wildman–Crippen MR) is 308 cm³/mol. The van der Waals surface area contributed by atoms with Crippen LogP contribution >= 0.6 is 0 Å². The van der Waals surface area contributed by atoms with Gasteiger partial charge in [-0.3, -0.25) is 4.90 Å². The van der Waals surface area contributed by atoms with E-state index in [9.17, 15) is 24.0 Å². The van der Waals surface area contributed by atoms with Crippen LogP contribution in [0, 0.1) is 6.92 Å². The topological polar surface area (TPSA) is 246 Å². The number of carbonyl (C=O) groups excluding carboxylic acids is 4. The van der Waals surface area contributed by atoms with Crippen LogP contribution in [0.5, 0.6) is 51.7 Å². The molecule has 0 aliphatic carbocycles. The first-order valence-corrected chi connectivity index (χ1v) is 25.8. The molecule has 0 fully saturated rings. The Morgan fingerprint density at radius 3 is 1.31 bits per heavy atom. The first kappa shape index (κ1) is 64.9. The number of urea groups is 1. The molecule has 83 heavy (non-hydrogen) atoms. The van der Waals surface area contributed by atoms with Gasteiger partial charge in [-0.25, -0.2) is 24.0 Å². The fourth-order valence-electron chi connectivity index (χ4n) is 8.43. The van der Waals surface area contributed by atoms with Gasteiger partial charge >= 0.3 is 29.6 Å². The van der Waals surface area contributed by atoms with Crippen LogP contribution in [0.4, 0.5) is 10.5 Å². The third-order valence-electron chi connectivity index (χ3n) is 12.9. The van der Waals surface area contributed by atoms with E-state index in [2.05, 4.69) is 5.32 Å². The minimum absolute atomic E-state index is 0.0268. The maximum atomic E-state index is 13.9. The average Bonchev–Trinajstić information content (AvgIpc) is 3.65. The monoisotopic (exact) mass is 1160 g/mol. The van der Waals surface area contributed by atoms with E-state index < -0.39 is 60.7 Å². The van der Waals surface area contributed by atoms with Crippen LogP contribution in [0.25, 0.3) is 29.2 Å². The highest BCUT2D eigenvalue weighted by Gasteiger charge is 2.26. The highest BCUT2D eigenvalue weighted by atomic mass is 16.7. The normalized spacial score (nSPS) is 13.2. The van der Waals surface area contributed by atoms with Gasteiger partial charge in [-0.05, 0) is 131 Å². The summed E-state index contributed by atoms with van der Waals surface area (Å²) >= 11 is 0. The Morgan fingerprint density at radius 2 is 0.928 bits per heavy atom. The minimum atomic E-state index is -1.06. The van der Waals surface area contributed by atoms with Crippen LogP contribution in [0.2, 0.25) is 0 Å². The van der Waals surface area contributed by atoms with Gasteiger partial charge in [-0.15, -0.1) is 0 Å². The van der Waals surface area contributed by atoms with Crippen molar-refractivity contribution in [3.8, 4) is 51.7 Å². The number of benzene rings is 4. The number of fused-ring (bicyclic) bond motifs is 1. The van der Waals surface area contributed by atoms with E-state index in [4.69, 9.17) is 70.7 Å². The van der Waals surface area contributed by atoms with E-state index >= 15 is 0 Å². The Kier molecular flexibility index (Phi) is 24.1. The van der Waals surface area contributed by atoms with Crippen molar-refractivity contribution in [1.82, 2.24) is 9.80 Å². The first-order chi connectivity index (χ1) is 39.6. The summed E-state index contributed by atoms with van der Waals surface area (Å²) in [5.41, 5.74) is 2.22. The number of nitrogens with one attached hydrogen (secondary N) is 1. The standard InChI is InChI=1S/C60H73N3O20/c1-34-44-21-20-42(61-60(68)63(7)36(3)79-38(5)81-54(65)23-18-40-27-49(71-10)57(76-15)50(28-40)72-11)31-46(44)83-59(67)45(34)32-43(82-55(66)24-19-41-29-51(73-12)58(77-16)52(30-41)74-13)33-62(6)35(2)78-37(4)80-53(64)22-17-39-25-47(69-8)56(75-14)48(26-39)70-9/h17-31,35-38,43H,32-33H2,1-16H3,(H,61,68). The SMILES string of the molecule is COc1cc(C=CC(=O)OC(Cc2c(C)c3ccc(NC(=O)N(C)C(C)OC(C)OC(=O)C=Cc4cc(OC)c(OC)c(OC)c4)cc3oc2=O)CN(C)C(C)OC(C)OC(=O)C=Cc2cc(OC)c(OC)c(OC)c2)cc(OC)c1OC. The van der Waals surface area contributed by atoms with E-state index in [1.165, 1.54) is 125 Å². The fourth-order valence-corrected chi connectivity index (χ4v) is 8.43. The third kappa shape index (κ3) is 17.5. The van der Waals surface area contributed by atoms with Crippen LogP contribution < -0.4 is 53.6 Å². The molecule has 23 nitrogen and oxygen atoms in total. The molecule has 1 aromatic heterocycles. The summed E-state index contributed by atoms with van der Waals surface area (Å²) in [5, 5.41) is 3.32. The molecule has 448 valence electrons. The predicted octanol–water partition coefficient (Wildman–Crippen LogP) is 8.67. The molecule has 1 N–H and O–H groups in total. The van der Waals surface area contributed by atoms with Gasteiger partial charge < -0.3 is 80.9 Å². The van der Waals surface area contributed by atoms with Crippen molar-refractivity contribution in [3.63, 3.8) is 0 Å². The van der Waals surface area contributed by atoms with Crippen molar-refractivity contribution in [2.75, 3.05) is 89.9 Å². The molecule has 0 saturated heterocycles. The van der Waals surface area contributed by atoms with E-state index in [0.29, 0.717) is 85.1 Å². The molecule has 5 unspecified atom stereocenters. The molecule has 2 amide bonds. The number of esters is 3. The van der Waals surface area contributed by atoms with Crippen LogP contribution in [-0.4, -0.2) is 150 Å². The van der Waals surface area contributed by atoms with Gasteiger partial charge in [0.05, 0.1) is 64.0 Å². The summed E-state index contributed by atoms with van der Waals surface area (Å²) in [4.78, 5) is 69.7. The smallest absolute Gasteiger partial charge is 0.339 e. The van der Waals surface area contributed by atoms with Gasteiger partial charge in [-0.1, -0.05) is 0 Å². The number of rotatable bonds is 29. The zero-order chi connectivity index (χ0) is 61.1. The number of nitrogens with zero attached hydrogens (tertiary/aromatic N) is 2. The van der Waals surface area contributed by atoms with E-state index in [1.807, 2.05) is 0 Å². The van der Waals surface area contributed by atoms with E-state index in [0.717, 1.165) is 0 Å². The number of anilines is 1. The summed E-state index contributed by atoms with van der Waals surface area (Å²) in [7, 11) is 16.5. The number of carbonyl (C=O) groups is 4. The van der Waals surface area contributed by atoms with E-state index in [-0.39, 0.29) is 24.1 Å². The molecule has 0 bridgehead atoms. The zero-order valence-corrected chi connectivity index (χ0v) is 49.5. The number of amides is 2. The molecule has 4 aromatic carbocycles. The molecule has 0 saturated carbocycles. The van der Waals surface area contributed by atoms with Crippen LogP contribution in [-0.2, 0) is 44.5 Å². The molecule has 5 aromatic rings. The molecule has 5 rings (SSSR count). The molecule has 23 heteroatoms. The van der Waals surface area contributed by atoms with E-state index in [1.54, 1.807) is 88.2 Å². The quantitative estimate of drug-likeness (QED) is 0.0155. The fraction of sp³-hybridized carbons (Fsp3) is 0.383. The van der Waals surface area contributed by atoms with Gasteiger partial charge in [-0.2, -0.15) is 0 Å². The molecule has 0 aliphatic rings. The van der Waals surface area contributed by atoms with Crippen LogP contribution in [0.1, 0.15) is 55.5 Å². The van der Waals surface area contributed by atoms with Crippen molar-refractivity contribution >= 4 is 58.8 Å². The Hall–Kier alpha value is -8.93. The second-order valence-corrected chi connectivity index (χ2v) is 18.3. The highest BCUT2D eigenvalue weighted by Crippen LogP contribution is 2.41. The summed E-state index contributed by atoms with van der Waals surface area (Å²) in [6.45, 7) is 8.15. The summed E-state index contributed by atoms with van der Waals surface area (Å²) < 4.78 is 83.4. The maximum absolute atomic E-state index is 13.9. The van der Waals surface area contributed by atoms with Crippen molar-refractivity contribution in [2.45, 2.75) is 72.2 Å². The second kappa shape index (κ2) is 30.8. The zero-order valence-electron chi connectivity index (χ0n) is 49.5. The van der Waals surface area contributed by atoms with Gasteiger partial charge in [0.25, 0.3) is 0 Å². The molecule has 5 atom stereocenters. The van der Waals surface area contributed by atoms with Crippen molar-refractivity contribution in [1.29, 1.82) is 0 Å². The number of ether oxygens (including phenoxy) is 14. The molecule has 0 spiro atoms. The molecule has 1 heterocycles. The summed E-state index contributed by atoms with van der Waals surface area (Å²) in [5.74, 6) is 1.38. The lowest BCUT2D eigenvalue weighted by Crippen LogP contribution is -2.42. The molecular weight excluding hydrogens is 1080 g/mol. The average molecular weight is 1160 g/mol. The number of aryl methyl sites for hydroxylation is 1. The van der Waals surface area contributed by atoms with Crippen molar-refractivity contribution in [2.24, 2.45) is 0 Å². The molecular formula is C60H73N3O20. The van der Waals surface area contributed by atoms with Crippen LogP contribution in [0.3, 0.4) is 0 Å². The Bertz CT molecular complexity index is 3150. The van der Waals surface area contributed by atoms with Gasteiger partial charge in [0.15, 0.2) is 34.5 Å². The summed E-state index contributed by atoms with van der Waals surface area (Å²) in [6, 6.07) is 14.2.